The molecule has 0 aliphatic heterocycles. The standard InChI is InChI=1S/C15H25NO/c1-11-7-8-12(2)14(13(11)3)17-10-15(4,5)9-16-6/h7-8,16H,9-10H2,1-6H3. The summed E-state index contributed by atoms with van der Waals surface area (Å²) in [5, 5.41) is 3.20. The average Bonchev–Trinajstić information content (AvgIpc) is 2.23. The van der Waals surface area contributed by atoms with E-state index in [2.05, 4.69) is 52.1 Å². The van der Waals surface area contributed by atoms with Crippen LogP contribution in [0.2, 0.25) is 0 Å². The van der Waals surface area contributed by atoms with Crippen LogP contribution in [0.25, 0.3) is 0 Å². The molecule has 96 valence electrons. The van der Waals surface area contributed by atoms with Crippen molar-refractivity contribution in [1.82, 2.24) is 5.32 Å². The van der Waals surface area contributed by atoms with E-state index in [1.165, 1.54) is 16.7 Å². The van der Waals surface area contributed by atoms with E-state index in [-0.39, 0.29) is 5.41 Å². The highest BCUT2D eigenvalue weighted by Gasteiger charge is 2.19. The zero-order valence-corrected chi connectivity index (χ0v) is 12.0. The molecule has 0 unspecified atom stereocenters. The van der Waals surface area contributed by atoms with Gasteiger partial charge in [-0.05, 0) is 44.5 Å². The number of ether oxygens (including phenoxy) is 1. The monoisotopic (exact) mass is 235 g/mol. The summed E-state index contributed by atoms with van der Waals surface area (Å²) in [5.41, 5.74) is 3.91. The summed E-state index contributed by atoms with van der Waals surface area (Å²) in [6, 6.07) is 4.28. The van der Waals surface area contributed by atoms with Crippen molar-refractivity contribution >= 4 is 0 Å². The molecule has 1 N–H and O–H groups in total. The molecule has 0 aromatic heterocycles. The highest BCUT2D eigenvalue weighted by Crippen LogP contribution is 2.27. The normalized spacial score (nSPS) is 11.6. The molecule has 0 radical (unpaired) electrons. The van der Waals surface area contributed by atoms with Gasteiger partial charge in [0.15, 0.2) is 0 Å². The predicted molar refractivity (Wildman–Crippen MR) is 73.9 cm³/mol. The summed E-state index contributed by atoms with van der Waals surface area (Å²) in [7, 11) is 1.98. The summed E-state index contributed by atoms with van der Waals surface area (Å²) in [5.74, 6) is 1.05. The van der Waals surface area contributed by atoms with Gasteiger partial charge in [0.2, 0.25) is 0 Å². The fraction of sp³-hybridized carbons (Fsp3) is 0.600. The molecule has 0 saturated carbocycles. The molecular weight excluding hydrogens is 210 g/mol. The molecule has 0 bridgehead atoms. The minimum Gasteiger partial charge on any atom is -0.492 e. The minimum absolute atomic E-state index is 0.150. The molecule has 0 spiro atoms. The SMILES string of the molecule is CNCC(C)(C)COc1c(C)ccc(C)c1C. The third kappa shape index (κ3) is 3.74. The van der Waals surface area contributed by atoms with Gasteiger partial charge in [0.25, 0.3) is 0 Å². The van der Waals surface area contributed by atoms with Crippen LogP contribution in [0.3, 0.4) is 0 Å². The minimum atomic E-state index is 0.150. The highest BCUT2D eigenvalue weighted by molar-refractivity contribution is 5.44. The van der Waals surface area contributed by atoms with E-state index in [0.29, 0.717) is 0 Å². The first-order valence-electron chi connectivity index (χ1n) is 6.21. The molecule has 1 aromatic rings. The second-order valence-corrected chi connectivity index (χ2v) is 5.64. The van der Waals surface area contributed by atoms with Crippen LogP contribution in [-0.2, 0) is 0 Å². The molecule has 1 rings (SSSR count). The van der Waals surface area contributed by atoms with Crippen molar-refractivity contribution in [2.75, 3.05) is 20.2 Å². The summed E-state index contributed by atoms with van der Waals surface area (Å²) in [6.07, 6.45) is 0. The Hall–Kier alpha value is -1.02. The summed E-state index contributed by atoms with van der Waals surface area (Å²) >= 11 is 0. The Labute approximate surface area is 105 Å². The lowest BCUT2D eigenvalue weighted by Gasteiger charge is -2.25. The van der Waals surface area contributed by atoms with Crippen LogP contribution in [0.4, 0.5) is 0 Å². The number of aryl methyl sites for hydroxylation is 2. The fourth-order valence-electron chi connectivity index (χ4n) is 1.94. The van der Waals surface area contributed by atoms with Gasteiger partial charge in [0, 0.05) is 12.0 Å². The third-order valence-corrected chi connectivity index (χ3v) is 3.14. The van der Waals surface area contributed by atoms with Gasteiger partial charge in [-0.3, -0.25) is 0 Å². The van der Waals surface area contributed by atoms with Crippen molar-refractivity contribution in [2.45, 2.75) is 34.6 Å². The summed E-state index contributed by atoms with van der Waals surface area (Å²) in [6.45, 7) is 12.5. The molecule has 0 aliphatic carbocycles. The molecule has 0 fully saturated rings. The zero-order chi connectivity index (χ0) is 13.1. The maximum absolute atomic E-state index is 6.03. The van der Waals surface area contributed by atoms with E-state index in [9.17, 15) is 0 Å². The van der Waals surface area contributed by atoms with E-state index in [1.807, 2.05) is 7.05 Å². The van der Waals surface area contributed by atoms with E-state index in [4.69, 9.17) is 4.74 Å². The highest BCUT2D eigenvalue weighted by atomic mass is 16.5. The molecular formula is C15H25NO. The lowest BCUT2D eigenvalue weighted by atomic mass is 9.95. The Morgan fingerprint density at radius 2 is 1.71 bits per heavy atom. The van der Waals surface area contributed by atoms with Crippen molar-refractivity contribution in [3.63, 3.8) is 0 Å². The molecule has 0 saturated heterocycles. The predicted octanol–water partition coefficient (Wildman–Crippen LogP) is 3.24. The Morgan fingerprint density at radius 3 is 2.29 bits per heavy atom. The van der Waals surface area contributed by atoms with E-state index in [0.717, 1.165) is 18.9 Å². The third-order valence-electron chi connectivity index (χ3n) is 3.14. The van der Waals surface area contributed by atoms with E-state index in [1.54, 1.807) is 0 Å². The lowest BCUT2D eigenvalue weighted by molar-refractivity contribution is 0.177. The van der Waals surface area contributed by atoms with Gasteiger partial charge in [-0.1, -0.05) is 26.0 Å². The molecule has 2 heteroatoms. The Bertz CT molecular complexity index is 383. The van der Waals surface area contributed by atoms with Gasteiger partial charge in [-0.25, -0.2) is 0 Å². The number of hydrogen-bond donors (Lipinski definition) is 1. The average molecular weight is 235 g/mol. The van der Waals surface area contributed by atoms with Crippen molar-refractivity contribution in [3.05, 3.63) is 28.8 Å². The Balaban J connectivity index is 2.79. The number of benzene rings is 1. The Morgan fingerprint density at radius 1 is 1.12 bits per heavy atom. The first-order valence-corrected chi connectivity index (χ1v) is 6.21. The van der Waals surface area contributed by atoms with Crippen LogP contribution in [0.5, 0.6) is 5.75 Å². The molecule has 1 aromatic carbocycles. The fourth-order valence-corrected chi connectivity index (χ4v) is 1.94. The van der Waals surface area contributed by atoms with Crippen molar-refractivity contribution < 1.29 is 4.74 Å². The maximum Gasteiger partial charge on any atom is 0.125 e. The van der Waals surface area contributed by atoms with Crippen LogP contribution in [0.1, 0.15) is 30.5 Å². The quantitative estimate of drug-likeness (QED) is 0.846. The van der Waals surface area contributed by atoms with Crippen LogP contribution >= 0.6 is 0 Å². The number of nitrogens with one attached hydrogen (secondary N) is 1. The van der Waals surface area contributed by atoms with Gasteiger partial charge >= 0.3 is 0 Å². The molecule has 2 nitrogen and oxygen atoms in total. The summed E-state index contributed by atoms with van der Waals surface area (Å²) in [4.78, 5) is 0. The first-order chi connectivity index (χ1) is 7.87. The smallest absolute Gasteiger partial charge is 0.125 e. The van der Waals surface area contributed by atoms with Crippen LogP contribution in [0.15, 0.2) is 12.1 Å². The maximum atomic E-state index is 6.03. The van der Waals surface area contributed by atoms with Crippen molar-refractivity contribution in [3.8, 4) is 5.75 Å². The topological polar surface area (TPSA) is 21.3 Å². The van der Waals surface area contributed by atoms with Gasteiger partial charge < -0.3 is 10.1 Å². The van der Waals surface area contributed by atoms with Crippen molar-refractivity contribution in [1.29, 1.82) is 0 Å². The summed E-state index contributed by atoms with van der Waals surface area (Å²) < 4.78 is 6.03. The van der Waals surface area contributed by atoms with Crippen molar-refractivity contribution in [2.24, 2.45) is 5.41 Å². The molecule has 0 atom stereocenters. The largest absolute Gasteiger partial charge is 0.492 e. The van der Waals surface area contributed by atoms with E-state index >= 15 is 0 Å². The van der Waals surface area contributed by atoms with Gasteiger partial charge in [0.1, 0.15) is 5.75 Å². The first kappa shape index (κ1) is 14.0. The van der Waals surface area contributed by atoms with Crippen LogP contribution < -0.4 is 10.1 Å². The lowest BCUT2D eigenvalue weighted by Crippen LogP contribution is -2.32. The molecule has 0 amide bonds. The second kappa shape index (κ2) is 5.54. The van der Waals surface area contributed by atoms with Gasteiger partial charge in [-0.2, -0.15) is 0 Å². The molecule has 0 heterocycles. The molecule has 0 aliphatic rings. The van der Waals surface area contributed by atoms with Crippen LogP contribution in [-0.4, -0.2) is 20.2 Å². The number of hydrogen-bond acceptors (Lipinski definition) is 2. The van der Waals surface area contributed by atoms with Gasteiger partial charge in [0.05, 0.1) is 6.61 Å². The second-order valence-electron chi connectivity index (χ2n) is 5.64. The Kier molecular flexibility index (Phi) is 4.58. The van der Waals surface area contributed by atoms with Crippen LogP contribution in [0, 0.1) is 26.2 Å². The zero-order valence-electron chi connectivity index (χ0n) is 12.0. The molecule has 17 heavy (non-hydrogen) atoms. The van der Waals surface area contributed by atoms with Gasteiger partial charge in [-0.15, -0.1) is 0 Å². The number of rotatable bonds is 5. The van der Waals surface area contributed by atoms with E-state index < -0.39 is 0 Å².